The third kappa shape index (κ3) is 4.73. The molecule has 6 nitrogen and oxygen atoms in total. The normalized spacial score (nSPS) is 20.7. The van der Waals surface area contributed by atoms with Gasteiger partial charge in [-0.05, 0) is 50.6 Å². The van der Waals surface area contributed by atoms with Crippen LogP contribution in [0.15, 0.2) is 23.3 Å². The van der Waals surface area contributed by atoms with Crippen LogP contribution in [-0.2, 0) is 0 Å². The number of benzene rings is 1. The zero-order valence-electron chi connectivity index (χ0n) is 15.8. The van der Waals surface area contributed by atoms with E-state index >= 15 is 0 Å². The van der Waals surface area contributed by atoms with Crippen LogP contribution in [0, 0.1) is 0 Å². The van der Waals surface area contributed by atoms with Crippen LogP contribution in [0.25, 0.3) is 0 Å². The molecule has 2 heterocycles. The fraction of sp³-hybridized carbons (Fsp3) is 0.579. The van der Waals surface area contributed by atoms with Crippen molar-refractivity contribution >= 4 is 22.7 Å². The molecule has 0 saturated carbocycles. The van der Waals surface area contributed by atoms with Crippen LogP contribution in [-0.4, -0.2) is 66.3 Å². The zero-order chi connectivity index (χ0) is 19.2. The Hall–Kier alpha value is -1.80. The third-order valence-electron chi connectivity index (χ3n) is 4.85. The van der Waals surface area contributed by atoms with Gasteiger partial charge in [0.15, 0.2) is 11.5 Å². The summed E-state index contributed by atoms with van der Waals surface area (Å²) in [6.45, 7) is 4.74. The summed E-state index contributed by atoms with van der Waals surface area (Å²) in [5.41, 5.74) is 1.70. The van der Waals surface area contributed by atoms with E-state index in [1.165, 1.54) is 31.7 Å². The minimum Gasteiger partial charge on any atom is -0.493 e. The van der Waals surface area contributed by atoms with E-state index in [2.05, 4.69) is 10.0 Å². The van der Waals surface area contributed by atoms with E-state index in [0.29, 0.717) is 18.0 Å². The van der Waals surface area contributed by atoms with Crippen molar-refractivity contribution < 1.29 is 18.7 Å². The van der Waals surface area contributed by atoms with E-state index in [4.69, 9.17) is 9.47 Å². The van der Waals surface area contributed by atoms with Gasteiger partial charge in [0.1, 0.15) is 0 Å². The Kier molecular flexibility index (Phi) is 6.95. The average Bonchev–Trinajstić information content (AvgIpc) is 3.21. The molecule has 1 amide bonds. The number of rotatable bonds is 8. The van der Waals surface area contributed by atoms with Crippen molar-refractivity contribution in [3.8, 4) is 11.5 Å². The van der Waals surface area contributed by atoms with Crippen molar-refractivity contribution in [2.75, 3.05) is 40.1 Å². The summed E-state index contributed by atoms with van der Waals surface area (Å²) in [7, 11) is 1.52. The second kappa shape index (κ2) is 9.41. The summed E-state index contributed by atoms with van der Waals surface area (Å²) in [5, 5.41) is 6.23. The predicted molar refractivity (Wildman–Crippen MR) is 106 cm³/mol. The van der Waals surface area contributed by atoms with Gasteiger partial charge in [-0.25, -0.2) is 9.40 Å². The van der Waals surface area contributed by atoms with Crippen LogP contribution >= 0.6 is 11.8 Å². The number of amides is 1. The molecule has 1 atom stereocenters. The number of ether oxygens (including phenoxy) is 2. The second-order valence-electron chi connectivity index (χ2n) is 6.56. The van der Waals surface area contributed by atoms with Gasteiger partial charge in [0.2, 0.25) is 6.86 Å². The number of hydrogen-bond donors (Lipinski definition) is 0. The molecular weight excluding hydrogens is 369 g/mol. The van der Waals surface area contributed by atoms with Gasteiger partial charge in [-0.1, -0.05) is 18.7 Å². The van der Waals surface area contributed by atoms with Crippen LogP contribution in [0.4, 0.5) is 9.18 Å². The lowest BCUT2D eigenvalue weighted by molar-refractivity contribution is 0.184. The SMILES string of the molecule is CCC1SC(=O)N(CCN2CCCC2)N=C1c1ccc(OCF)c(OC)c1. The quantitative estimate of drug-likeness (QED) is 0.671. The molecule has 0 spiro atoms. The highest BCUT2D eigenvalue weighted by Crippen LogP contribution is 2.33. The van der Waals surface area contributed by atoms with Gasteiger partial charge in [-0.15, -0.1) is 0 Å². The second-order valence-corrected chi connectivity index (χ2v) is 7.71. The first-order valence-corrected chi connectivity index (χ1v) is 10.2. The highest BCUT2D eigenvalue weighted by molar-refractivity contribution is 8.14. The monoisotopic (exact) mass is 395 g/mol. The number of thioether (sulfide) groups is 1. The van der Waals surface area contributed by atoms with Crippen molar-refractivity contribution in [2.24, 2.45) is 5.10 Å². The van der Waals surface area contributed by atoms with Crippen LogP contribution in [0.1, 0.15) is 31.7 Å². The Morgan fingerprint density at radius 1 is 1.26 bits per heavy atom. The maximum Gasteiger partial charge on any atom is 0.302 e. The lowest BCUT2D eigenvalue weighted by atomic mass is 10.0. The standard InChI is InChI=1S/C19H26FN3O3S/c1-3-17-18(14-6-7-15(26-13-20)16(12-14)25-2)21-23(19(24)27-17)11-10-22-8-4-5-9-22/h6-7,12,17H,3-5,8-11,13H2,1-2H3. The highest BCUT2D eigenvalue weighted by atomic mass is 32.2. The average molecular weight is 396 g/mol. The summed E-state index contributed by atoms with van der Waals surface area (Å²) < 4.78 is 22.8. The topological polar surface area (TPSA) is 54.4 Å². The van der Waals surface area contributed by atoms with Crippen molar-refractivity contribution in [2.45, 2.75) is 31.4 Å². The number of methoxy groups -OCH3 is 1. The number of hydrazone groups is 1. The number of hydrogen-bond acceptors (Lipinski definition) is 6. The molecule has 1 unspecified atom stereocenters. The van der Waals surface area contributed by atoms with Crippen LogP contribution < -0.4 is 9.47 Å². The number of carbonyl (C=O) groups excluding carboxylic acids is 1. The molecule has 1 aromatic carbocycles. The van der Waals surface area contributed by atoms with E-state index in [9.17, 15) is 9.18 Å². The smallest absolute Gasteiger partial charge is 0.302 e. The van der Waals surface area contributed by atoms with Gasteiger partial charge in [0.25, 0.3) is 0 Å². The first kappa shape index (κ1) is 19.9. The molecule has 0 bridgehead atoms. The predicted octanol–water partition coefficient (Wildman–Crippen LogP) is 3.75. The molecule has 1 fully saturated rings. The Bertz CT molecular complexity index is 695. The minimum absolute atomic E-state index is 0.00542. The van der Waals surface area contributed by atoms with E-state index in [-0.39, 0.29) is 10.5 Å². The maximum atomic E-state index is 12.5. The molecule has 0 N–H and O–H groups in total. The van der Waals surface area contributed by atoms with Gasteiger partial charge in [-0.3, -0.25) is 4.79 Å². The van der Waals surface area contributed by atoms with Crippen LogP contribution in [0.5, 0.6) is 11.5 Å². The summed E-state index contributed by atoms with van der Waals surface area (Å²) >= 11 is 1.31. The molecule has 2 aliphatic rings. The van der Waals surface area contributed by atoms with E-state index in [1.807, 2.05) is 13.0 Å². The molecule has 27 heavy (non-hydrogen) atoms. The molecule has 8 heteroatoms. The van der Waals surface area contributed by atoms with Gasteiger partial charge >= 0.3 is 5.24 Å². The Balaban J connectivity index is 1.83. The summed E-state index contributed by atoms with van der Waals surface area (Å²) in [6.07, 6.45) is 3.24. The molecular formula is C19H26FN3O3S. The number of likely N-dealkylation sites (tertiary alicyclic amines) is 1. The zero-order valence-corrected chi connectivity index (χ0v) is 16.6. The van der Waals surface area contributed by atoms with Gasteiger partial charge in [0.05, 0.1) is 24.6 Å². The fourth-order valence-corrected chi connectivity index (χ4v) is 4.34. The fourth-order valence-electron chi connectivity index (χ4n) is 3.38. The number of alkyl halides is 1. The highest BCUT2D eigenvalue weighted by Gasteiger charge is 2.30. The molecule has 1 aromatic rings. The lowest BCUT2D eigenvalue weighted by Crippen LogP contribution is -2.39. The van der Waals surface area contributed by atoms with Crippen LogP contribution in [0.2, 0.25) is 0 Å². The Morgan fingerprint density at radius 2 is 2.04 bits per heavy atom. The first-order valence-electron chi connectivity index (χ1n) is 9.32. The molecule has 148 valence electrons. The van der Waals surface area contributed by atoms with Crippen molar-refractivity contribution in [1.82, 2.24) is 9.91 Å². The summed E-state index contributed by atoms with van der Waals surface area (Å²) in [6, 6.07) is 5.31. The minimum atomic E-state index is -0.914. The molecule has 2 aliphatic heterocycles. The van der Waals surface area contributed by atoms with Crippen molar-refractivity contribution in [3.05, 3.63) is 23.8 Å². The molecule has 0 radical (unpaired) electrons. The Labute approximate surface area is 163 Å². The molecule has 0 aliphatic carbocycles. The number of carbonyl (C=O) groups is 1. The maximum absolute atomic E-state index is 12.5. The molecule has 1 saturated heterocycles. The summed E-state index contributed by atoms with van der Waals surface area (Å²) in [4.78, 5) is 14.9. The number of halogens is 1. The lowest BCUT2D eigenvalue weighted by Gasteiger charge is -2.29. The first-order chi connectivity index (χ1) is 13.2. The van der Waals surface area contributed by atoms with Gasteiger partial charge in [0, 0.05) is 12.1 Å². The molecule has 3 rings (SSSR count). The van der Waals surface area contributed by atoms with Gasteiger partial charge in [-0.2, -0.15) is 5.10 Å². The van der Waals surface area contributed by atoms with E-state index in [0.717, 1.165) is 37.3 Å². The number of nitrogens with zero attached hydrogens (tertiary/aromatic N) is 3. The largest absolute Gasteiger partial charge is 0.493 e. The van der Waals surface area contributed by atoms with Crippen molar-refractivity contribution in [1.29, 1.82) is 0 Å². The molecule has 0 aromatic heterocycles. The van der Waals surface area contributed by atoms with E-state index in [1.54, 1.807) is 17.1 Å². The van der Waals surface area contributed by atoms with Crippen LogP contribution in [0.3, 0.4) is 0 Å². The Morgan fingerprint density at radius 3 is 2.70 bits per heavy atom. The third-order valence-corrected chi connectivity index (χ3v) is 6.11. The summed E-state index contributed by atoms with van der Waals surface area (Å²) in [5.74, 6) is 0.802. The van der Waals surface area contributed by atoms with E-state index < -0.39 is 6.86 Å². The van der Waals surface area contributed by atoms with Crippen molar-refractivity contribution in [3.63, 3.8) is 0 Å². The van der Waals surface area contributed by atoms with Gasteiger partial charge < -0.3 is 14.4 Å².